The summed E-state index contributed by atoms with van der Waals surface area (Å²) in [6.07, 6.45) is 0. The molecule has 8 heteroatoms. The van der Waals surface area contributed by atoms with Crippen LogP contribution in [0.1, 0.15) is 0 Å². The van der Waals surface area contributed by atoms with Gasteiger partial charge in [-0.05, 0) is 0 Å². The minimum Gasteiger partial charge on any atom is -0.358 e. The molecule has 0 aromatic heterocycles. The van der Waals surface area contributed by atoms with Crippen molar-refractivity contribution in [1.29, 1.82) is 0 Å². The van der Waals surface area contributed by atoms with Gasteiger partial charge in [0.15, 0.2) is 0 Å². The van der Waals surface area contributed by atoms with Gasteiger partial charge < -0.3 is 126 Å². The van der Waals surface area contributed by atoms with E-state index in [0.717, 1.165) is 0 Å². The number of hydrogen-bond acceptors (Lipinski definition) is 0. The zero-order valence-corrected chi connectivity index (χ0v) is 44.3. The molecule has 0 amide bonds. The van der Waals surface area contributed by atoms with Crippen LogP contribution >= 0.6 is 0 Å². The molecule has 0 spiro atoms. The van der Waals surface area contributed by atoms with E-state index in [0.29, 0.717) is 0 Å². The molecular formula is C17H51Y8-14. The normalized spacial score (nSPS) is 0. The van der Waals surface area contributed by atoms with Crippen molar-refractivity contribution in [2.75, 3.05) is 0 Å². The van der Waals surface area contributed by atoms with Gasteiger partial charge in [-0.1, -0.05) is 0 Å². The first-order valence-electron chi connectivity index (χ1n) is 0. The molecule has 0 heterocycles. The van der Waals surface area contributed by atoms with Crippen LogP contribution in [-0.2, 0) is 262 Å². The van der Waals surface area contributed by atoms with Crippen molar-refractivity contribution in [1.82, 2.24) is 0 Å². The summed E-state index contributed by atoms with van der Waals surface area (Å²) in [5.41, 5.74) is 0. The predicted octanol–water partition coefficient (Wildman–Crippen LogP) is 7.63. The van der Waals surface area contributed by atoms with E-state index in [9.17, 15) is 0 Å². The second-order valence-electron chi connectivity index (χ2n) is 0. The molecule has 25 heavy (non-hydrogen) atoms. The first-order valence-corrected chi connectivity index (χ1v) is 0. The van der Waals surface area contributed by atoms with Gasteiger partial charge >= 0.3 is 32.7 Å². The molecule has 0 nitrogen and oxygen atoms in total. The van der Waals surface area contributed by atoms with Gasteiger partial charge in [-0.2, -0.15) is 0 Å². The molecule has 0 rings (SSSR count). The topological polar surface area (TPSA) is 0 Å². The molecule has 0 saturated heterocycles. The summed E-state index contributed by atoms with van der Waals surface area (Å²) >= 11 is 0. The molecule has 0 unspecified atom stereocenters. The van der Waals surface area contributed by atoms with Gasteiger partial charge in [0.25, 0.3) is 0 Å². The van der Waals surface area contributed by atoms with Crippen molar-refractivity contribution in [2.45, 2.75) is 0 Å². The van der Waals surface area contributed by atoms with Crippen LogP contribution in [0.15, 0.2) is 0 Å². The summed E-state index contributed by atoms with van der Waals surface area (Å²) in [6, 6.07) is 0. The quantitative estimate of drug-likeness (QED) is 0.220. The fourth-order valence-corrected chi connectivity index (χ4v) is 0. The number of hydrogen-bond donors (Lipinski definition) is 0. The third-order valence-corrected chi connectivity index (χ3v) is 0. The van der Waals surface area contributed by atoms with Crippen molar-refractivity contribution in [3.05, 3.63) is 126 Å². The molecule has 157 valence electrons. The Hall–Kier alpha value is 8.83. The van der Waals surface area contributed by atoms with Crippen molar-refractivity contribution in [2.24, 2.45) is 0 Å². The molecule has 0 bridgehead atoms. The monoisotopic (exact) mass is 967 g/mol. The van der Waals surface area contributed by atoms with Crippen LogP contribution in [0, 0.1) is 126 Å². The van der Waals surface area contributed by atoms with Crippen LogP contribution in [-0.4, -0.2) is 0 Å². The van der Waals surface area contributed by atoms with Crippen LogP contribution in [0.25, 0.3) is 0 Å². The van der Waals surface area contributed by atoms with Gasteiger partial charge in [0, 0.05) is 229 Å². The molecule has 0 atom stereocenters. The Bertz CT molecular complexity index is 22.6. The van der Waals surface area contributed by atoms with Gasteiger partial charge in [0.1, 0.15) is 0 Å². The molecular weight excluding hydrogens is 915 g/mol. The molecule has 0 N–H and O–H groups in total. The first kappa shape index (κ1) is 468. The SMILES string of the molecule is [CH3-].[CH3-].[CH3-].[CH3-].[CH3-].[CH3-].[CH3-].[CH3-].[CH3-].[CH3-].[CH3-].[CH3-].[CH3-].[CH3-].[CH3-].[CH3-].[CH3-].[Y+3].[Y].[Y].[Y].[Y].[Y].[Y].[Y]. The Balaban J connectivity index is 0. The first-order chi connectivity index (χ1) is 0. The Kier molecular flexibility index (Phi) is 7980. The maximum Gasteiger partial charge on any atom is 3.00 e. The van der Waals surface area contributed by atoms with Crippen LogP contribution in [0.5, 0.6) is 0 Å². The Labute approximate surface area is 378 Å². The van der Waals surface area contributed by atoms with Crippen LogP contribution in [0.4, 0.5) is 0 Å². The standard InChI is InChI=1S/17CH3.8Y/h17*1H3;;;;;;;;/q17*-1;;;;;;;;+3. The zero-order valence-electron chi connectivity index (χ0n) is 21.6. The summed E-state index contributed by atoms with van der Waals surface area (Å²) in [6.45, 7) is 0. The van der Waals surface area contributed by atoms with E-state index < -0.39 is 0 Å². The third kappa shape index (κ3) is 400. The van der Waals surface area contributed by atoms with E-state index >= 15 is 0 Å². The van der Waals surface area contributed by atoms with Crippen LogP contribution in [0.2, 0.25) is 0 Å². The zero-order chi connectivity index (χ0) is 0. The van der Waals surface area contributed by atoms with Crippen LogP contribution in [0.3, 0.4) is 0 Å². The minimum absolute atomic E-state index is 0. The van der Waals surface area contributed by atoms with E-state index in [1.54, 1.807) is 0 Å². The summed E-state index contributed by atoms with van der Waals surface area (Å²) < 4.78 is 0. The van der Waals surface area contributed by atoms with Gasteiger partial charge in [0.05, 0.1) is 0 Å². The average molecular weight is 967 g/mol. The second-order valence-corrected chi connectivity index (χ2v) is 0. The van der Waals surface area contributed by atoms with Gasteiger partial charge in [-0.25, -0.2) is 0 Å². The summed E-state index contributed by atoms with van der Waals surface area (Å²) in [5, 5.41) is 0. The average Bonchev–Trinajstić information content (AvgIpc) is 0. The smallest absolute Gasteiger partial charge is 0.358 e. The Morgan fingerprint density at radius 3 is 0.120 bits per heavy atom. The fraction of sp³-hybridized carbons (Fsp3) is 0. The van der Waals surface area contributed by atoms with E-state index in [1.807, 2.05) is 0 Å². The van der Waals surface area contributed by atoms with Gasteiger partial charge in [-0.3, -0.25) is 0 Å². The van der Waals surface area contributed by atoms with Crippen molar-refractivity contribution < 1.29 is 262 Å². The largest absolute Gasteiger partial charge is 3.00 e. The maximum atomic E-state index is 0. The Morgan fingerprint density at radius 2 is 0.120 bits per heavy atom. The third-order valence-electron chi connectivity index (χ3n) is 0. The van der Waals surface area contributed by atoms with E-state index in [2.05, 4.69) is 0 Å². The van der Waals surface area contributed by atoms with Crippen molar-refractivity contribution >= 4 is 0 Å². The maximum absolute atomic E-state index is 0. The fourth-order valence-electron chi connectivity index (χ4n) is 0. The summed E-state index contributed by atoms with van der Waals surface area (Å²) in [5.74, 6) is 0. The Morgan fingerprint density at radius 1 is 0.120 bits per heavy atom. The van der Waals surface area contributed by atoms with Gasteiger partial charge in [0.2, 0.25) is 0 Å². The molecule has 0 saturated carbocycles. The summed E-state index contributed by atoms with van der Waals surface area (Å²) in [4.78, 5) is 0. The van der Waals surface area contributed by atoms with Crippen molar-refractivity contribution in [3.8, 4) is 0 Å². The molecule has 0 aromatic carbocycles. The van der Waals surface area contributed by atoms with Gasteiger partial charge in [-0.15, -0.1) is 0 Å². The molecule has 0 aliphatic rings. The molecule has 0 fully saturated rings. The molecule has 7 radical (unpaired) electrons. The number of rotatable bonds is 0. The van der Waals surface area contributed by atoms with Crippen molar-refractivity contribution in [3.63, 3.8) is 0 Å². The predicted molar refractivity (Wildman–Crippen MR) is 109 cm³/mol. The van der Waals surface area contributed by atoms with Crippen LogP contribution < -0.4 is 0 Å². The molecule has 0 aliphatic carbocycles. The van der Waals surface area contributed by atoms with E-state index in [4.69, 9.17) is 0 Å². The molecule has 0 aliphatic heterocycles. The van der Waals surface area contributed by atoms with E-state index in [-0.39, 0.29) is 388 Å². The molecule has 0 aromatic rings. The van der Waals surface area contributed by atoms with E-state index in [1.165, 1.54) is 0 Å². The minimum atomic E-state index is 0. The second kappa shape index (κ2) is 427. The summed E-state index contributed by atoms with van der Waals surface area (Å²) in [7, 11) is 0.